The van der Waals surface area contributed by atoms with Gasteiger partial charge in [0, 0.05) is 22.9 Å². The number of carbonyl (C=O) groups excluding carboxylic acids is 2. The largest absolute Gasteiger partial charge is 0.349 e. The topological polar surface area (TPSA) is 58.2 Å². The fourth-order valence-electron chi connectivity index (χ4n) is 4.05. The number of fused-ring (bicyclic) bond motifs is 1. The molecular weight excluding hydrogens is 360 g/mol. The number of nitrogens with one attached hydrogen (secondary N) is 2. The third kappa shape index (κ3) is 4.65. The van der Waals surface area contributed by atoms with E-state index >= 15 is 0 Å². The van der Waals surface area contributed by atoms with Gasteiger partial charge in [-0.2, -0.15) is 0 Å². The molecule has 1 fully saturated rings. The highest BCUT2D eigenvalue weighted by atomic mass is 16.2. The zero-order valence-corrected chi connectivity index (χ0v) is 16.5. The standard InChI is InChI=1S/C25H26N2O2/c28-24(26-20-12-3-1-2-4-13-20)19-11-7-14-21(17-19)27-25(29)23-16-8-10-18-9-5-6-15-22(18)23/h5-11,14-17,20H,1-4,12-13H2,(H,26,28)(H,27,29). The van der Waals surface area contributed by atoms with Gasteiger partial charge in [0.2, 0.25) is 0 Å². The van der Waals surface area contributed by atoms with E-state index in [9.17, 15) is 9.59 Å². The number of benzene rings is 3. The SMILES string of the molecule is O=C(NC1CCCCCC1)c1cccc(NC(=O)c2cccc3ccccc23)c1. The van der Waals surface area contributed by atoms with Gasteiger partial charge in [0.15, 0.2) is 0 Å². The Balaban J connectivity index is 1.48. The molecule has 3 aromatic rings. The highest BCUT2D eigenvalue weighted by molar-refractivity contribution is 6.13. The van der Waals surface area contributed by atoms with Crippen LogP contribution in [0.15, 0.2) is 66.7 Å². The first-order valence-electron chi connectivity index (χ1n) is 10.4. The Bertz CT molecular complexity index is 1010. The molecule has 1 aliphatic rings. The summed E-state index contributed by atoms with van der Waals surface area (Å²) in [5, 5.41) is 8.04. The molecular formula is C25H26N2O2. The summed E-state index contributed by atoms with van der Waals surface area (Å²) in [6.07, 6.45) is 6.94. The Labute approximate surface area is 171 Å². The molecule has 0 aliphatic heterocycles. The monoisotopic (exact) mass is 386 g/mol. The average molecular weight is 386 g/mol. The summed E-state index contributed by atoms with van der Waals surface area (Å²) in [4.78, 5) is 25.5. The molecule has 148 valence electrons. The molecule has 0 spiro atoms. The molecule has 2 amide bonds. The minimum absolute atomic E-state index is 0.0711. The van der Waals surface area contributed by atoms with Gasteiger partial charge < -0.3 is 10.6 Å². The molecule has 1 aliphatic carbocycles. The lowest BCUT2D eigenvalue weighted by molar-refractivity contribution is 0.0932. The first-order chi connectivity index (χ1) is 14.2. The predicted molar refractivity (Wildman–Crippen MR) is 117 cm³/mol. The Kier molecular flexibility index (Phi) is 5.89. The fraction of sp³-hybridized carbons (Fsp3) is 0.280. The molecule has 0 heterocycles. The van der Waals surface area contributed by atoms with Crippen molar-refractivity contribution in [3.05, 3.63) is 77.9 Å². The van der Waals surface area contributed by atoms with Crippen LogP contribution in [0.2, 0.25) is 0 Å². The maximum Gasteiger partial charge on any atom is 0.256 e. The smallest absolute Gasteiger partial charge is 0.256 e. The zero-order chi connectivity index (χ0) is 20.1. The molecule has 0 radical (unpaired) electrons. The number of hydrogen-bond acceptors (Lipinski definition) is 2. The molecule has 4 heteroatoms. The number of anilines is 1. The molecule has 0 atom stereocenters. The van der Waals surface area contributed by atoms with Crippen molar-refractivity contribution < 1.29 is 9.59 Å². The van der Waals surface area contributed by atoms with Crippen molar-refractivity contribution in [1.29, 1.82) is 0 Å². The zero-order valence-electron chi connectivity index (χ0n) is 16.5. The van der Waals surface area contributed by atoms with Crippen molar-refractivity contribution in [2.75, 3.05) is 5.32 Å². The van der Waals surface area contributed by atoms with Crippen LogP contribution < -0.4 is 10.6 Å². The first-order valence-corrected chi connectivity index (χ1v) is 10.4. The molecule has 0 saturated heterocycles. The van der Waals surface area contributed by atoms with E-state index in [-0.39, 0.29) is 17.9 Å². The second kappa shape index (κ2) is 8.91. The van der Waals surface area contributed by atoms with E-state index in [1.165, 1.54) is 25.7 Å². The lowest BCUT2D eigenvalue weighted by atomic mass is 10.0. The van der Waals surface area contributed by atoms with E-state index in [0.717, 1.165) is 23.6 Å². The van der Waals surface area contributed by atoms with Crippen molar-refractivity contribution in [3.63, 3.8) is 0 Å². The van der Waals surface area contributed by atoms with E-state index in [4.69, 9.17) is 0 Å². The third-order valence-electron chi connectivity index (χ3n) is 5.61. The second-order valence-corrected chi connectivity index (χ2v) is 7.72. The van der Waals surface area contributed by atoms with Gasteiger partial charge in [0.1, 0.15) is 0 Å². The highest BCUT2D eigenvalue weighted by Gasteiger charge is 2.16. The van der Waals surface area contributed by atoms with Crippen LogP contribution >= 0.6 is 0 Å². The molecule has 0 bridgehead atoms. The molecule has 1 saturated carbocycles. The van der Waals surface area contributed by atoms with Gasteiger partial charge in [0.25, 0.3) is 11.8 Å². The predicted octanol–water partition coefficient (Wildman–Crippen LogP) is 5.54. The van der Waals surface area contributed by atoms with Gasteiger partial charge in [-0.05, 0) is 47.9 Å². The maximum atomic E-state index is 12.9. The van der Waals surface area contributed by atoms with Gasteiger partial charge in [-0.1, -0.05) is 68.1 Å². The summed E-state index contributed by atoms with van der Waals surface area (Å²) < 4.78 is 0. The molecule has 0 unspecified atom stereocenters. The Morgan fingerprint density at radius 2 is 1.48 bits per heavy atom. The van der Waals surface area contributed by atoms with E-state index in [1.807, 2.05) is 48.5 Å². The Morgan fingerprint density at radius 1 is 0.759 bits per heavy atom. The second-order valence-electron chi connectivity index (χ2n) is 7.72. The Morgan fingerprint density at radius 3 is 2.31 bits per heavy atom. The average Bonchev–Trinajstić information content (AvgIpc) is 3.02. The van der Waals surface area contributed by atoms with Gasteiger partial charge in [0.05, 0.1) is 0 Å². The lowest BCUT2D eigenvalue weighted by Crippen LogP contribution is -2.34. The summed E-state index contributed by atoms with van der Waals surface area (Å²) in [6.45, 7) is 0. The van der Waals surface area contributed by atoms with Crippen LogP contribution in [0.4, 0.5) is 5.69 Å². The van der Waals surface area contributed by atoms with Crippen LogP contribution in [0.25, 0.3) is 10.8 Å². The van der Waals surface area contributed by atoms with Gasteiger partial charge in [-0.15, -0.1) is 0 Å². The van der Waals surface area contributed by atoms with Gasteiger partial charge in [-0.3, -0.25) is 9.59 Å². The van der Waals surface area contributed by atoms with Crippen LogP contribution in [-0.2, 0) is 0 Å². The molecule has 3 aromatic carbocycles. The molecule has 0 aromatic heterocycles. The number of amides is 2. The maximum absolute atomic E-state index is 12.9. The van der Waals surface area contributed by atoms with Crippen molar-refractivity contribution >= 4 is 28.3 Å². The minimum atomic E-state index is -0.178. The third-order valence-corrected chi connectivity index (χ3v) is 5.61. The lowest BCUT2D eigenvalue weighted by Gasteiger charge is -2.16. The molecule has 4 rings (SSSR count). The molecule has 4 nitrogen and oxygen atoms in total. The number of hydrogen-bond donors (Lipinski definition) is 2. The number of rotatable bonds is 4. The van der Waals surface area contributed by atoms with E-state index in [2.05, 4.69) is 10.6 Å². The van der Waals surface area contributed by atoms with Gasteiger partial charge >= 0.3 is 0 Å². The summed E-state index contributed by atoms with van der Waals surface area (Å²) in [5.74, 6) is -0.249. The van der Waals surface area contributed by atoms with E-state index in [0.29, 0.717) is 16.8 Å². The number of carbonyl (C=O) groups is 2. The fourth-order valence-corrected chi connectivity index (χ4v) is 4.05. The van der Waals surface area contributed by atoms with Crippen molar-refractivity contribution in [3.8, 4) is 0 Å². The van der Waals surface area contributed by atoms with Crippen molar-refractivity contribution in [1.82, 2.24) is 5.32 Å². The Hall–Kier alpha value is -3.14. The summed E-state index contributed by atoms with van der Waals surface area (Å²) >= 11 is 0. The van der Waals surface area contributed by atoms with Crippen LogP contribution in [0.3, 0.4) is 0 Å². The summed E-state index contributed by atoms with van der Waals surface area (Å²) in [5.41, 5.74) is 1.82. The van der Waals surface area contributed by atoms with E-state index in [1.54, 1.807) is 18.2 Å². The minimum Gasteiger partial charge on any atom is -0.349 e. The van der Waals surface area contributed by atoms with Gasteiger partial charge in [-0.25, -0.2) is 0 Å². The van der Waals surface area contributed by atoms with Crippen LogP contribution in [0, 0.1) is 0 Å². The van der Waals surface area contributed by atoms with Crippen molar-refractivity contribution in [2.45, 2.75) is 44.6 Å². The van der Waals surface area contributed by atoms with Crippen LogP contribution in [0.1, 0.15) is 59.2 Å². The molecule has 2 N–H and O–H groups in total. The van der Waals surface area contributed by atoms with Crippen LogP contribution in [0.5, 0.6) is 0 Å². The van der Waals surface area contributed by atoms with E-state index < -0.39 is 0 Å². The summed E-state index contributed by atoms with van der Waals surface area (Å²) in [6, 6.07) is 20.9. The summed E-state index contributed by atoms with van der Waals surface area (Å²) in [7, 11) is 0. The van der Waals surface area contributed by atoms with Crippen molar-refractivity contribution in [2.24, 2.45) is 0 Å². The normalized spacial score (nSPS) is 14.9. The first kappa shape index (κ1) is 19.2. The highest BCUT2D eigenvalue weighted by Crippen LogP contribution is 2.21. The quantitative estimate of drug-likeness (QED) is 0.578. The van der Waals surface area contributed by atoms with Crippen LogP contribution in [-0.4, -0.2) is 17.9 Å². The molecule has 29 heavy (non-hydrogen) atoms.